The van der Waals surface area contributed by atoms with Gasteiger partial charge >= 0.3 is 0 Å². The molecule has 54 valence electrons. The van der Waals surface area contributed by atoms with Gasteiger partial charge in [0.25, 0.3) is 0 Å². The first-order valence-electron chi connectivity index (χ1n) is 3.98. The molecule has 0 radical (unpaired) electrons. The number of halogens is 1. The largest absolute Gasteiger partial charge is 0.123 e. The van der Waals surface area contributed by atoms with Gasteiger partial charge in [0.15, 0.2) is 0 Å². The van der Waals surface area contributed by atoms with Crippen LogP contribution >= 0.6 is 11.6 Å². The van der Waals surface area contributed by atoms with Crippen molar-refractivity contribution in [2.24, 2.45) is 5.92 Å². The maximum Gasteiger partial charge on any atom is 0.0361 e. The molecule has 0 spiro atoms. The van der Waals surface area contributed by atoms with Crippen molar-refractivity contribution in [3.05, 3.63) is 0 Å². The van der Waals surface area contributed by atoms with E-state index in [4.69, 9.17) is 11.6 Å². The second-order valence-electron chi connectivity index (χ2n) is 2.97. The summed E-state index contributed by atoms with van der Waals surface area (Å²) in [6.07, 6.45) is 6.72. The van der Waals surface area contributed by atoms with E-state index in [1.54, 1.807) is 0 Å². The van der Waals surface area contributed by atoms with Gasteiger partial charge in [-0.05, 0) is 25.2 Å². The van der Waals surface area contributed by atoms with Crippen LogP contribution in [0.25, 0.3) is 0 Å². The SMILES string of the molecule is CC[C@H](Cl)C1CCCC1. The maximum absolute atomic E-state index is 6.07. The predicted octanol–water partition coefficient (Wildman–Crippen LogP) is 3.19. The summed E-state index contributed by atoms with van der Waals surface area (Å²) in [5.41, 5.74) is 0. The molecule has 1 rings (SSSR count). The van der Waals surface area contributed by atoms with E-state index in [0.29, 0.717) is 5.38 Å². The smallest absolute Gasteiger partial charge is 0.0361 e. The lowest BCUT2D eigenvalue weighted by atomic mass is 10.0. The Hall–Kier alpha value is 0.290. The zero-order chi connectivity index (χ0) is 6.69. The van der Waals surface area contributed by atoms with Gasteiger partial charge in [-0.3, -0.25) is 0 Å². The van der Waals surface area contributed by atoms with Crippen LogP contribution in [0, 0.1) is 5.92 Å². The van der Waals surface area contributed by atoms with Gasteiger partial charge in [0.1, 0.15) is 0 Å². The Morgan fingerprint density at radius 3 is 2.44 bits per heavy atom. The zero-order valence-electron chi connectivity index (χ0n) is 6.07. The molecule has 0 aromatic heterocycles. The monoisotopic (exact) mass is 146 g/mol. The molecule has 0 unspecified atom stereocenters. The van der Waals surface area contributed by atoms with E-state index >= 15 is 0 Å². The lowest BCUT2D eigenvalue weighted by Gasteiger charge is -2.13. The Labute approximate surface area is 62.6 Å². The van der Waals surface area contributed by atoms with Crippen molar-refractivity contribution < 1.29 is 0 Å². The van der Waals surface area contributed by atoms with Crippen LogP contribution in [0.3, 0.4) is 0 Å². The molecule has 0 aromatic rings. The molecular formula is C8H15Cl. The van der Waals surface area contributed by atoms with E-state index in [0.717, 1.165) is 12.3 Å². The van der Waals surface area contributed by atoms with Gasteiger partial charge in [-0.15, -0.1) is 11.6 Å². The van der Waals surface area contributed by atoms with Gasteiger partial charge < -0.3 is 0 Å². The summed E-state index contributed by atoms with van der Waals surface area (Å²) >= 11 is 6.07. The Morgan fingerprint density at radius 1 is 1.44 bits per heavy atom. The predicted molar refractivity (Wildman–Crippen MR) is 41.9 cm³/mol. The van der Waals surface area contributed by atoms with E-state index in [2.05, 4.69) is 6.92 Å². The summed E-state index contributed by atoms with van der Waals surface area (Å²) in [7, 11) is 0. The van der Waals surface area contributed by atoms with Gasteiger partial charge in [0.2, 0.25) is 0 Å². The van der Waals surface area contributed by atoms with Crippen LogP contribution in [0.5, 0.6) is 0 Å². The lowest BCUT2D eigenvalue weighted by molar-refractivity contribution is 0.505. The quantitative estimate of drug-likeness (QED) is 0.525. The fourth-order valence-electron chi connectivity index (χ4n) is 1.65. The zero-order valence-corrected chi connectivity index (χ0v) is 6.82. The molecule has 0 heterocycles. The first-order chi connectivity index (χ1) is 4.34. The molecule has 0 N–H and O–H groups in total. The summed E-state index contributed by atoms with van der Waals surface area (Å²) in [6.45, 7) is 2.18. The van der Waals surface area contributed by atoms with Crippen LogP contribution < -0.4 is 0 Å². The van der Waals surface area contributed by atoms with Crippen LogP contribution in [0.15, 0.2) is 0 Å². The minimum atomic E-state index is 0.465. The number of hydrogen-bond donors (Lipinski definition) is 0. The molecule has 0 amide bonds. The van der Waals surface area contributed by atoms with E-state index < -0.39 is 0 Å². The van der Waals surface area contributed by atoms with Crippen molar-refractivity contribution in [1.29, 1.82) is 0 Å². The average molecular weight is 147 g/mol. The third kappa shape index (κ3) is 1.86. The molecule has 9 heavy (non-hydrogen) atoms. The van der Waals surface area contributed by atoms with Gasteiger partial charge in [-0.2, -0.15) is 0 Å². The fraction of sp³-hybridized carbons (Fsp3) is 1.00. The number of rotatable bonds is 2. The summed E-state index contributed by atoms with van der Waals surface area (Å²) in [6, 6.07) is 0. The van der Waals surface area contributed by atoms with Crippen molar-refractivity contribution >= 4 is 11.6 Å². The fourth-order valence-corrected chi connectivity index (χ4v) is 1.90. The molecule has 1 fully saturated rings. The highest BCUT2D eigenvalue weighted by molar-refractivity contribution is 6.20. The lowest BCUT2D eigenvalue weighted by Crippen LogP contribution is -2.08. The molecule has 1 atom stereocenters. The molecule has 1 saturated carbocycles. The average Bonchev–Trinajstić information content (AvgIpc) is 2.37. The second kappa shape index (κ2) is 3.46. The molecule has 0 nitrogen and oxygen atoms in total. The topological polar surface area (TPSA) is 0 Å². The Bertz CT molecular complexity index is 74.6. The van der Waals surface area contributed by atoms with Gasteiger partial charge in [-0.1, -0.05) is 19.8 Å². The van der Waals surface area contributed by atoms with Gasteiger partial charge in [-0.25, -0.2) is 0 Å². The van der Waals surface area contributed by atoms with Gasteiger partial charge in [0.05, 0.1) is 0 Å². The number of hydrogen-bond acceptors (Lipinski definition) is 0. The minimum Gasteiger partial charge on any atom is -0.123 e. The third-order valence-corrected chi connectivity index (χ3v) is 2.97. The molecule has 1 heteroatoms. The Balaban J connectivity index is 2.24. The van der Waals surface area contributed by atoms with Gasteiger partial charge in [0, 0.05) is 5.38 Å². The second-order valence-corrected chi connectivity index (χ2v) is 3.53. The highest BCUT2D eigenvalue weighted by Crippen LogP contribution is 2.31. The third-order valence-electron chi connectivity index (χ3n) is 2.30. The van der Waals surface area contributed by atoms with E-state index in [1.807, 2.05) is 0 Å². The molecular weight excluding hydrogens is 132 g/mol. The van der Waals surface area contributed by atoms with Crippen LogP contribution in [0.4, 0.5) is 0 Å². The first kappa shape index (κ1) is 7.40. The maximum atomic E-state index is 6.07. The number of alkyl halides is 1. The molecule has 0 aliphatic heterocycles. The minimum absolute atomic E-state index is 0.465. The summed E-state index contributed by atoms with van der Waals surface area (Å²) in [4.78, 5) is 0. The summed E-state index contributed by atoms with van der Waals surface area (Å²) < 4.78 is 0. The van der Waals surface area contributed by atoms with E-state index in [1.165, 1.54) is 25.7 Å². The molecule has 1 aliphatic rings. The van der Waals surface area contributed by atoms with Crippen molar-refractivity contribution in [2.45, 2.75) is 44.4 Å². The van der Waals surface area contributed by atoms with Crippen molar-refractivity contribution in [1.82, 2.24) is 0 Å². The highest BCUT2D eigenvalue weighted by Gasteiger charge is 2.21. The van der Waals surface area contributed by atoms with Crippen molar-refractivity contribution in [2.75, 3.05) is 0 Å². The summed E-state index contributed by atoms with van der Waals surface area (Å²) in [5, 5.41) is 0.465. The molecule has 0 bridgehead atoms. The molecule has 0 aromatic carbocycles. The van der Waals surface area contributed by atoms with Crippen molar-refractivity contribution in [3.8, 4) is 0 Å². The first-order valence-corrected chi connectivity index (χ1v) is 4.42. The molecule has 1 aliphatic carbocycles. The normalized spacial score (nSPS) is 24.7. The van der Waals surface area contributed by atoms with E-state index in [9.17, 15) is 0 Å². The van der Waals surface area contributed by atoms with Crippen molar-refractivity contribution in [3.63, 3.8) is 0 Å². The van der Waals surface area contributed by atoms with Crippen LogP contribution in [-0.4, -0.2) is 5.38 Å². The Morgan fingerprint density at radius 2 is 2.00 bits per heavy atom. The summed E-state index contributed by atoms with van der Waals surface area (Å²) in [5.74, 6) is 0.844. The Kier molecular flexibility index (Phi) is 2.84. The highest BCUT2D eigenvalue weighted by atomic mass is 35.5. The molecule has 0 saturated heterocycles. The van der Waals surface area contributed by atoms with Crippen LogP contribution in [0.2, 0.25) is 0 Å². The van der Waals surface area contributed by atoms with E-state index in [-0.39, 0.29) is 0 Å². The van der Waals surface area contributed by atoms with Crippen LogP contribution in [0.1, 0.15) is 39.0 Å². The van der Waals surface area contributed by atoms with Crippen LogP contribution in [-0.2, 0) is 0 Å². The standard InChI is InChI=1S/C8H15Cl/c1-2-8(9)7-5-3-4-6-7/h7-8H,2-6H2,1H3/t8-/m0/s1.